The van der Waals surface area contributed by atoms with Crippen molar-refractivity contribution in [1.82, 2.24) is 15.1 Å². The van der Waals surface area contributed by atoms with Gasteiger partial charge in [-0.05, 0) is 48.8 Å². The van der Waals surface area contributed by atoms with Crippen LogP contribution in [0.25, 0.3) is 0 Å². The molecule has 1 aliphatic carbocycles. The number of rotatable bonds is 6. The van der Waals surface area contributed by atoms with Crippen LogP contribution in [0.2, 0.25) is 0 Å². The van der Waals surface area contributed by atoms with Crippen LogP contribution in [0.5, 0.6) is 0 Å². The third-order valence-electron chi connectivity index (χ3n) is 7.47. The van der Waals surface area contributed by atoms with E-state index in [1.165, 1.54) is 11.3 Å². The van der Waals surface area contributed by atoms with Gasteiger partial charge < -0.3 is 15.0 Å². The summed E-state index contributed by atoms with van der Waals surface area (Å²) in [6.45, 7) is 3.73. The molecular formula is C26H33N3O3S. The summed E-state index contributed by atoms with van der Waals surface area (Å²) in [7, 11) is 0. The molecule has 1 saturated carbocycles. The van der Waals surface area contributed by atoms with E-state index in [4.69, 9.17) is 4.74 Å². The second kappa shape index (κ2) is 10.4. The summed E-state index contributed by atoms with van der Waals surface area (Å²) in [5.41, 5.74) is 0.673. The third kappa shape index (κ3) is 4.86. The fourth-order valence-electron chi connectivity index (χ4n) is 5.81. The van der Waals surface area contributed by atoms with Gasteiger partial charge in [0, 0.05) is 36.1 Å². The van der Waals surface area contributed by atoms with Crippen LogP contribution in [-0.4, -0.2) is 66.5 Å². The Bertz CT molecular complexity index is 930. The Morgan fingerprint density at radius 3 is 2.61 bits per heavy atom. The number of carbonyl (C=O) groups is 2. The number of nitrogens with zero attached hydrogens (tertiary/aromatic N) is 2. The Morgan fingerprint density at radius 2 is 1.85 bits per heavy atom. The van der Waals surface area contributed by atoms with Gasteiger partial charge in [0.15, 0.2) is 0 Å². The molecule has 7 heteroatoms. The smallest absolute Gasteiger partial charge is 0.254 e. The van der Waals surface area contributed by atoms with E-state index in [0.29, 0.717) is 18.0 Å². The van der Waals surface area contributed by atoms with Crippen molar-refractivity contribution < 1.29 is 14.3 Å². The predicted molar refractivity (Wildman–Crippen MR) is 129 cm³/mol. The Hall–Kier alpha value is -2.22. The van der Waals surface area contributed by atoms with Gasteiger partial charge in [-0.25, -0.2) is 0 Å². The van der Waals surface area contributed by atoms with E-state index < -0.39 is 0 Å². The zero-order valence-corrected chi connectivity index (χ0v) is 19.8. The van der Waals surface area contributed by atoms with Crippen LogP contribution in [0.15, 0.2) is 47.8 Å². The predicted octanol–water partition coefficient (Wildman–Crippen LogP) is 3.71. The molecule has 1 aromatic heterocycles. The summed E-state index contributed by atoms with van der Waals surface area (Å²) in [4.78, 5) is 32.6. The molecule has 0 radical (unpaired) electrons. The van der Waals surface area contributed by atoms with Gasteiger partial charge in [0.1, 0.15) is 6.04 Å². The van der Waals surface area contributed by atoms with Crippen molar-refractivity contribution >= 4 is 23.2 Å². The van der Waals surface area contributed by atoms with E-state index in [2.05, 4.69) is 27.7 Å². The highest BCUT2D eigenvalue weighted by molar-refractivity contribution is 7.10. The Labute approximate surface area is 199 Å². The molecule has 0 bridgehead atoms. The van der Waals surface area contributed by atoms with Crippen LogP contribution in [-0.2, 0) is 9.53 Å². The minimum Gasteiger partial charge on any atom is -0.379 e. The molecule has 33 heavy (non-hydrogen) atoms. The number of nitrogens with one attached hydrogen (secondary N) is 1. The van der Waals surface area contributed by atoms with E-state index in [-0.39, 0.29) is 29.9 Å². The number of fused-ring (bicyclic) bond motifs is 1. The molecule has 3 heterocycles. The standard InChI is InChI=1S/C26H33N3O3S/c30-25(27-18-23(24-11-6-16-33-24)28-12-14-32-15-13-28)22-17-20-9-4-5-10-21(20)29(22)26(31)19-7-2-1-3-8-19/h1-3,6-8,11,16,20-23H,4-5,9-10,12-15,17-18H2,(H,27,30). The van der Waals surface area contributed by atoms with E-state index in [1.54, 1.807) is 11.3 Å². The molecule has 2 aromatic rings. The average Bonchev–Trinajstić information content (AvgIpc) is 3.53. The molecule has 176 valence electrons. The van der Waals surface area contributed by atoms with Crippen LogP contribution in [0, 0.1) is 5.92 Å². The number of ether oxygens (including phenoxy) is 1. The summed E-state index contributed by atoms with van der Waals surface area (Å²) in [5.74, 6) is 0.408. The summed E-state index contributed by atoms with van der Waals surface area (Å²) in [6.07, 6.45) is 5.21. The van der Waals surface area contributed by atoms with E-state index in [9.17, 15) is 9.59 Å². The molecule has 1 N–H and O–H groups in total. The van der Waals surface area contributed by atoms with Gasteiger partial charge in [-0.2, -0.15) is 0 Å². The quantitative estimate of drug-likeness (QED) is 0.704. The first-order valence-corrected chi connectivity index (χ1v) is 13.1. The lowest BCUT2D eigenvalue weighted by Gasteiger charge is -2.35. The lowest BCUT2D eigenvalue weighted by Crippen LogP contribution is -2.51. The maximum absolute atomic E-state index is 13.5. The van der Waals surface area contributed by atoms with Crippen molar-refractivity contribution in [2.75, 3.05) is 32.8 Å². The van der Waals surface area contributed by atoms with Gasteiger partial charge in [-0.1, -0.05) is 37.1 Å². The Kier molecular flexibility index (Phi) is 7.09. The number of morpholine rings is 1. The maximum atomic E-state index is 13.5. The molecule has 4 unspecified atom stereocenters. The molecule has 0 spiro atoms. The second-order valence-electron chi connectivity index (χ2n) is 9.37. The van der Waals surface area contributed by atoms with Crippen molar-refractivity contribution in [1.29, 1.82) is 0 Å². The van der Waals surface area contributed by atoms with E-state index in [1.807, 2.05) is 35.2 Å². The molecule has 6 nitrogen and oxygen atoms in total. The number of amides is 2. The van der Waals surface area contributed by atoms with Gasteiger partial charge in [0.05, 0.1) is 19.3 Å². The van der Waals surface area contributed by atoms with Gasteiger partial charge in [0.2, 0.25) is 5.91 Å². The van der Waals surface area contributed by atoms with Gasteiger partial charge in [0.25, 0.3) is 5.91 Å². The largest absolute Gasteiger partial charge is 0.379 e. The highest BCUT2D eigenvalue weighted by Gasteiger charge is 2.47. The first-order chi connectivity index (χ1) is 16.2. The number of hydrogen-bond donors (Lipinski definition) is 1. The van der Waals surface area contributed by atoms with Crippen molar-refractivity contribution in [2.45, 2.75) is 50.2 Å². The first-order valence-electron chi connectivity index (χ1n) is 12.2. The molecule has 2 saturated heterocycles. The van der Waals surface area contributed by atoms with Crippen molar-refractivity contribution in [3.63, 3.8) is 0 Å². The van der Waals surface area contributed by atoms with Gasteiger partial charge in [-0.15, -0.1) is 11.3 Å². The Morgan fingerprint density at radius 1 is 1.06 bits per heavy atom. The number of hydrogen-bond acceptors (Lipinski definition) is 5. The minimum atomic E-state index is -0.389. The summed E-state index contributed by atoms with van der Waals surface area (Å²) >= 11 is 1.73. The number of benzene rings is 1. The minimum absolute atomic E-state index is 0.00636. The highest BCUT2D eigenvalue weighted by Crippen LogP contribution is 2.40. The maximum Gasteiger partial charge on any atom is 0.254 e. The highest BCUT2D eigenvalue weighted by atomic mass is 32.1. The van der Waals surface area contributed by atoms with Crippen molar-refractivity contribution in [3.05, 3.63) is 58.3 Å². The number of likely N-dealkylation sites (tertiary alicyclic amines) is 1. The van der Waals surface area contributed by atoms with E-state index >= 15 is 0 Å². The summed E-state index contributed by atoms with van der Waals surface area (Å²) < 4.78 is 5.54. The van der Waals surface area contributed by atoms with Crippen molar-refractivity contribution in [2.24, 2.45) is 5.92 Å². The number of carbonyl (C=O) groups excluding carboxylic acids is 2. The molecule has 3 aliphatic rings. The molecular weight excluding hydrogens is 434 g/mol. The van der Waals surface area contributed by atoms with Crippen LogP contribution >= 0.6 is 11.3 Å². The number of thiophene rings is 1. The molecule has 4 atom stereocenters. The topological polar surface area (TPSA) is 61.9 Å². The lowest BCUT2D eigenvalue weighted by atomic mass is 9.84. The van der Waals surface area contributed by atoms with Crippen LogP contribution in [0.4, 0.5) is 0 Å². The van der Waals surface area contributed by atoms with Gasteiger partial charge >= 0.3 is 0 Å². The molecule has 5 rings (SSSR count). The molecule has 2 aliphatic heterocycles. The third-order valence-corrected chi connectivity index (χ3v) is 8.45. The summed E-state index contributed by atoms with van der Waals surface area (Å²) in [6, 6.07) is 13.6. The monoisotopic (exact) mass is 467 g/mol. The zero-order valence-electron chi connectivity index (χ0n) is 19.0. The van der Waals surface area contributed by atoms with Crippen molar-refractivity contribution in [3.8, 4) is 0 Å². The lowest BCUT2D eigenvalue weighted by molar-refractivity contribution is -0.125. The van der Waals surface area contributed by atoms with E-state index in [0.717, 1.165) is 52.0 Å². The van der Waals surface area contributed by atoms with Crippen LogP contribution in [0.1, 0.15) is 53.4 Å². The Balaban J connectivity index is 1.32. The summed E-state index contributed by atoms with van der Waals surface area (Å²) in [5, 5.41) is 5.34. The fourth-order valence-corrected chi connectivity index (χ4v) is 6.67. The normalized spacial score (nSPS) is 26.5. The fraction of sp³-hybridized carbons (Fsp3) is 0.538. The second-order valence-corrected chi connectivity index (χ2v) is 10.3. The first kappa shape index (κ1) is 22.6. The van der Waals surface area contributed by atoms with Gasteiger partial charge in [-0.3, -0.25) is 14.5 Å². The zero-order chi connectivity index (χ0) is 22.6. The molecule has 3 fully saturated rings. The SMILES string of the molecule is O=C(NCC(c1cccs1)N1CCOCC1)C1CC2CCCCC2N1C(=O)c1ccccc1. The molecule has 1 aromatic carbocycles. The average molecular weight is 468 g/mol. The van der Waals surface area contributed by atoms with Crippen LogP contribution < -0.4 is 5.32 Å². The van der Waals surface area contributed by atoms with Crippen LogP contribution in [0.3, 0.4) is 0 Å². The molecule has 2 amide bonds.